The van der Waals surface area contributed by atoms with Crippen molar-refractivity contribution in [3.05, 3.63) is 68.5 Å². The summed E-state index contributed by atoms with van der Waals surface area (Å²) in [4.78, 5) is 27.0. The van der Waals surface area contributed by atoms with Gasteiger partial charge in [0.25, 0.3) is 11.1 Å². The zero-order chi connectivity index (χ0) is 21.8. The minimum absolute atomic E-state index is 0.164. The normalized spacial score (nSPS) is 18.8. The van der Waals surface area contributed by atoms with Crippen LogP contribution in [0.4, 0.5) is 4.79 Å². The third-order valence-electron chi connectivity index (χ3n) is 5.61. The Morgan fingerprint density at radius 2 is 1.74 bits per heavy atom. The van der Waals surface area contributed by atoms with Crippen molar-refractivity contribution in [1.29, 1.82) is 0 Å². The zero-order valence-electron chi connectivity index (χ0n) is 17.0. The highest BCUT2D eigenvalue weighted by Gasteiger charge is 2.36. The smallest absolute Gasteiger partial charge is 0.293 e. The van der Waals surface area contributed by atoms with Crippen LogP contribution in [0.25, 0.3) is 6.08 Å². The van der Waals surface area contributed by atoms with E-state index in [2.05, 4.69) is 0 Å². The third kappa shape index (κ3) is 5.65. The molecule has 4 rings (SSSR count). The first-order chi connectivity index (χ1) is 15.0. The molecule has 1 saturated carbocycles. The first kappa shape index (κ1) is 22.3. The van der Waals surface area contributed by atoms with E-state index in [1.54, 1.807) is 18.2 Å². The summed E-state index contributed by atoms with van der Waals surface area (Å²) < 4.78 is 5.79. The molecular formula is C24H23Cl2NO3S. The van der Waals surface area contributed by atoms with E-state index >= 15 is 0 Å². The number of halogens is 2. The molecular weight excluding hydrogens is 453 g/mol. The largest absolute Gasteiger partial charge is 0.489 e. The Hall–Kier alpha value is -1.95. The van der Waals surface area contributed by atoms with Gasteiger partial charge in [-0.05, 0) is 72.0 Å². The van der Waals surface area contributed by atoms with Gasteiger partial charge in [-0.1, -0.05) is 60.7 Å². The van der Waals surface area contributed by atoms with E-state index in [9.17, 15) is 9.59 Å². The Morgan fingerprint density at radius 1 is 1.00 bits per heavy atom. The molecule has 1 aliphatic carbocycles. The number of benzene rings is 2. The van der Waals surface area contributed by atoms with E-state index in [0.29, 0.717) is 39.8 Å². The fraction of sp³-hybridized carbons (Fsp3) is 0.333. The van der Waals surface area contributed by atoms with E-state index in [4.69, 9.17) is 27.9 Å². The van der Waals surface area contributed by atoms with Gasteiger partial charge in [0.05, 0.1) is 15.0 Å². The summed E-state index contributed by atoms with van der Waals surface area (Å²) in [5.74, 6) is 0.961. The number of rotatable bonds is 6. The highest BCUT2D eigenvalue weighted by molar-refractivity contribution is 8.18. The van der Waals surface area contributed by atoms with Crippen molar-refractivity contribution in [3.8, 4) is 5.75 Å². The molecule has 1 heterocycles. The van der Waals surface area contributed by atoms with Gasteiger partial charge < -0.3 is 4.74 Å². The molecule has 0 N–H and O–H groups in total. The summed E-state index contributed by atoms with van der Waals surface area (Å²) in [5.41, 5.74) is 1.77. The topological polar surface area (TPSA) is 46.6 Å². The second-order valence-electron chi connectivity index (χ2n) is 7.90. The summed E-state index contributed by atoms with van der Waals surface area (Å²) in [5, 5.41) is 0.844. The lowest BCUT2D eigenvalue weighted by Crippen LogP contribution is -2.34. The molecule has 7 heteroatoms. The molecule has 4 nitrogen and oxygen atoms in total. The van der Waals surface area contributed by atoms with Gasteiger partial charge in [-0.15, -0.1) is 0 Å². The van der Waals surface area contributed by atoms with Crippen LogP contribution in [0.5, 0.6) is 5.75 Å². The van der Waals surface area contributed by atoms with Gasteiger partial charge in [0, 0.05) is 6.54 Å². The second-order valence-corrected chi connectivity index (χ2v) is 9.71. The first-order valence-corrected chi connectivity index (χ1v) is 12.0. The summed E-state index contributed by atoms with van der Waals surface area (Å²) in [6.07, 6.45) is 7.61. The quantitative estimate of drug-likeness (QED) is 0.414. The predicted octanol–water partition coefficient (Wildman–Crippen LogP) is 7.19. The molecule has 31 heavy (non-hydrogen) atoms. The number of hydrogen-bond donors (Lipinski definition) is 0. The molecule has 162 valence electrons. The highest BCUT2D eigenvalue weighted by Crippen LogP contribution is 2.35. The van der Waals surface area contributed by atoms with E-state index in [1.165, 1.54) is 24.2 Å². The van der Waals surface area contributed by atoms with Crippen LogP contribution in [-0.4, -0.2) is 22.6 Å². The maximum absolute atomic E-state index is 12.7. The average molecular weight is 476 g/mol. The van der Waals surface area contributed by atoms with Crippen LogP contribution in [0.1, 0.15) is 43.2 Å². The lowest BCUT2D eigenvalue weighted by atomic mass is 9.89. The maximum Gasteiger partial charge on any atom is 0.293 e. The van der Waals surface area contributed by atoms with Crippen LogP contribution < -0.4 is 4.74 Å². The monoisotopic (exact) mass is 475 g/mol. The summed E-state index contributed by atoms with van der Waals surface area (Å²) in [7, 11) is 0. The Balaban J connectivity index is 1.36. The molecule has 0 bridgehead atoms. The number of carbonyl (C=O) groups excluding carboxylic acids is 2. The molecule has 2 amide bonds. The highest BCUT2D eigenvalue weighted by atomic mass is 35.5. The van der Waals surface area contributed by atoms with Gasteiger partial charge in [-0.3, -0.25) is 14.5 Å². The Bertz CT molecular complexity index is 1000. The molecule has 2 aromatic carbocycles. The van der Waals surface area contributed by atoms with Crippen molar-refractivity contribution in [3.63, 3.8) is 0 Å². The van der Waals surface area contributed by atoms with Crippen molar-refractivity contribution in [2.75, 3.05) is 6.54 Å². The summed E-state index contributed by atoms with van der Waals surface area (Å²) >= 11 is 13.0. The molecule has 1 saturated heterocycles. The summed E-state index contributed by atoms with van der Waals surface area (Å²) in [6, 6.07) is 12.8. The van der Waals surface area contributed by atoms with Crippen LogP contribution in [-0.2, 0) is 11.4 Å². The number of ether oxygens (including phenoxy) is 1. The van der Waals surface area contributed by atoms with Crippen LogP contribution in [0.2, 0.25) is 10.0 Å². The minimum Gasteiger partial charge on any atom is -0.489 e. The molecule has 0 atom stereocenters. The molecule has 1 aliphatic heterocycles. The molecule has 2 aliphatic rings. The fourth-order valence-electron chi connectivity index (χ4n) is 3.89. The average Bonchev–Trinajstić information content (AvgIpc) is 3.03. The van der Waals surface area contributed by atoms with Crippen molar-refractivity contribution in [1.82, 2.24) is 4.90 Å². The number of thioether (sulfide) groups is 1. The van der Waals surface area contributed by atoms with Crippen LogP contribution in [0.3, 0.4) is 0 Å². The molecule has 2 aromatic rings. The molecule has 0 spiro atoms. The SMILES string of the molecule is O=C1S/C(=C/c2ccc(OCc3ccc(Cl)c(Cl)c3)cc2)C(=O)N1CC1CCCCC1. The Morgan fingerprint density at radius 3 is 2.45 bits per heavy atom. The lowest BCUT2D eigenvalue weighted by molar-refractivity contribution is -0.123. The number of imide groups is 1. The Labute approximate surface area is 196 Å². The number of hydrogen-bond acceptors (Lipinski definition) is 4. The third-order valence-corrected chi connectivity index (χ3v) is 7.25. The summed E-state index contributed by atoms with van der Waals surface area (Å²) in [6.45, 7) is 0.916. The van der Waals surface area contributed by atoms with Crippen LogP contribution >= 0.6 is 35.0 Å². The minimum atomic E-state index is -0.180. The Kier molecular flexibility index (Phi) is 7.26. The van der Waals surface area contributed by atoms with Crippen molar-refractivity contribution in [2.45, 2.75) is 38.7 Å². The van der Waals surface area contributed by atoms with Crippen molar-refractivity contribution >= 4 is 52.2 Å². The number of amides is 2. The second kappa shape index (κ2) is 10.1. The van der Waals surface area contributed by atoms with Crippen molar-refractivity contribution < 1.29 is 14.3 Å². The van der Waals surface area contributed by atoms with Gasteiger partial charge in [-0.2, -0.15) is 0 Å². The maximum atomic E-state index is 12.7. The fourth-order valence-corrected chi connectivity index (χ4v) is 5.06. The van der Waals surface area contributed by atoms with Gasteiger partial charge in [-0.25, -0.2) is 0 Å². The zero-order valence-corrected chi connectivity index (χ0v) is 19.3. The molecule has 0 unspecified atom stereocenters. The standard InChI is InChI=1S/C24H23Cl2NO3S/c25-20-11-8-18(12-21(20)26)15-30-19-9-6-16(7-10-19)13-22-23(28)27(24(29)31-22)14-17-4-2-1-3-5-17/h6-13,17H,1-5,14-15H2/b22-13+. The van der Waals surface area contributed by atoms with Crippen molar-refractivity contribution in [2.24, 2.45) is 5.92 Å². The molecule has 0 radical (unpaired) electrons. The van der Waals surface area contributed by atoms with Crippen LogP contribution in [0.15, 0.2) is 47.4 Å². The molecule has 0 aromatic heterocycles. The van der Waals surface area contributed by atoms with Gasteiger partial charge in [0.15, 0.2) is 0 Å². The van der Waals surface area contributed by atoms with Crippen LogP contribution in [0, 0.1) is 5.92 Å². The van der Waals surface area contributed by atoms with E-state index in [0.717, 1.165) is 35.7 Å². The van der Waals surface area contributed by atoms with E-state index in [-0.39, 0.29) is 11.1 Å². The number of nitrogens with zero attached hydrogens (tertiary/aromatic N) is 1. The van der Waals surface area contributed by atoms with Gasteiger partial charge in [0.1, 0.15) is 12.4 Å². The first-order valence-electron chi connectivity index (χ1n) is 10.4. The predicted molar refractivity (Wildman–Crippen MR) is 126 cm³/mol. The lowest BCUT2D eigenvalue weighted by Gasteiger charge is -2.25. The van der Waals surface area contributed by atoms with E-state index in [1.807, 2.05) is 30.3 Å². The van der Waals surface area contributed by atoms with Gasteiger partial charge >= 0.3 is 0 Å². The number of carbonyl (C=O) groups is 2. The van der Waals surface area contributed by atoms with E-state index < -0.39 is 0 Å². The molecule has 2 fully saturated rings. The van der Waals surface area contributed by atoms with Gasteiger partial charge in [0.2, 0.25) is 0 Å².